The zero-order valence-electron chi connectivity index (χ0n) is 13.6. The van der Waals surface area contributed by atoms with E-state index in [9.17, 15) is 4.79 Å². The molecule has 1 aromatic heterocycles. The summed E-state index contributed by atoms with van der Waals surface area (Å²) in [5.41, 5.74) is 2.06. The van der Waals surface area contributed by atoms with Crippen molar-refractivity contribution in [1.29, 1.82) is 0 Å². The molecule has 0 bridgehead atoms. The quantitative estimate of drug-likeness (QED) is 0.919. The number of anilines is 1. The molecule has 1 aliphatic heterocycles. The molecule has 1 atom stereocenters. The molecule has 122 valence electrons. The Morgan fingerprint density at radius 1 is 1.48 bits per heavy atom. The minimum atomic E-state index is -0.00892. The molecule has 1 aliphatic rings. The minimum Gasteiger partial charge on any atom is -0.340 e. The first kappa shape index (κ1) is 15.7. The second-order valence-electron chi connectivity index (χ2n) is 5.90. The van der Waals surface area contributed by atoms with Gasteiger partial charge in [0.1, 0.15) is 0 Å². The molecule has 0 spiro atoms. The lowest BCUT2D eigenvalue weighted by Gasteiger charge is -2.21. The summed E-state index contributed by atoms with van der Waals surface area (Å²) >= 11 is 0. The van der Waals surface area contributed by atoms with Crippen LogP contribution in [0.1, 0.15) is 43.1 Å². The lowest BCUT2D eigenvalue weighted by molar-refractivity contribution is -0.117. The van der Waals surface area contributed by atoms with E-state index in [1.807, 2.05) is 18.2 Å². The molecule has 23 heavy (non-hydrogen) atoms. The largest absolute Gasteiger partial charge is 0.340 e. The Bertz CT molecular complexity index is 683. The fourth-order valence-corrected chi connectivity index (χ4v) is 3.01. The van der Waals surface area contributed by atoms with Crippen molar-refractivity contribution in [2.45, 2.75) is 39.2 Å². The van der Waals surface area contributed by atoms with Crippen molar-refractivity contribution in [3.63, 3.8) is 0 Å². The summed E-state index contributed by atoms with van der Waals surface area (Å²) < 4.78 is 5.06. The number of carbonyl (C=O) groups excluding carboxylic acids is 1. The third-order valence-corrected chi connectivity index (χ3v) is 4.17. The number of hydrogen-bond donors (Lipinski definition) is 1. The highest BCUT2D eigenvalue weighted by Crippen LogP contribution is 2.29. The lowest BCUT2D eigenvalue weighted by Crippen LogP contribution is -2.33. The monoisotopic (exact) mass is 314 g/mol. The lowest BCUT2D eigenvalue weighted by atomic mass is 10.1. The van der Waals surface area contributed by atoms with Gasteiger partial charge in [0.15, 0.2) is 5.82 Å². The molecule has 2 heterocycles. The maximum absolute atomic E-state index is 12.3. The van der Waals surface area contributed by atoms with Gasteiger partial charge in [0.05, 0.1) is 12.6 Å². The fraction of sp³-hybridized carbons (Fsp3) is 0.471. The summed E-state index contributed by atoms with van der Waals surface area (Å²) in [6, 6.07) is 8.03. The van der Waals surface area contributed by atoms with Gasteiger partial charge in [-0.1, -0.05) is 24.2 Å². The molecular weight excluding hydrogens is 292 g/mol. The standard InChI is InChI=1S/C17H22N4O2/c1-3-13-6-4-7-14(10-13)19-16(22)11-21-9-5-8-15(21)17-18-12(2)23-20-17/h4,6-7,10,15H,3,5,8-9,11H2,1-2H3,(H,19,22)/t15-/m0/s1. The summed E-state index contributed by atoms with van der Waals surface area (Å²) in [5, 5.41) is 6.98. The van der Waals surface area contributed by atoms with Crippen molar-refractivity contribution in [3.8, 4) is 0 Å². The summed E-state index contributed by atoms with van der Waals surface area (Å²) in [6.07, 6.45) is 2.95. The van der Waals surface area contributed by atoms with Gasteiger partial charge in [-0.15, -0.1) is 0 Å². The molecule has 1 fully saturated rings. The second kappa shape index (κ2) is 6.91. The van der Waals surface area contributed by atoms with Crippen LogP contribution in [-0.2, 0) is 11.2 Å². The molecule has 6 nitrogen and oxygen atoms in total. The molecule has 6 heteroatoms. The third-order valence-electron chi connectivity index (χ3n) is 4.17. The van der Waals surface area contributed by atoms with E-state index in [1.54, 1.807) is 6.92 Å². The van der Waals surface area contributed by atoms with Gasteiger partial charge in [-0.3, -0.25) is 9.69 Å². The molecule has 0 aliphatic carbocycles. The number of aryl methyl sites for hydroxylation is 2. The van der Waals surface area contributed by atoms with Gasteiger partial charge < -0.3 is 9.84 Å². The predicted octanol–water partition coefficient (Wildman–Crippen LogP) is 2.72. The Balaban J connectivity index is 1.62. The number of aromatic nitrogens is 2. The maximum Gasteiger partial charge on any atom is 0.238 e. The topological polar surface area (TPSA) is 71.3 Å². The highest BCUT2D eigenvalue weighted by Gasteiger charge is 2.30. The van der Waals surface area contributed by atoms with Crippen LogP contribution in [0, 0.1) is 6.92 Å². The molecule has 2 aromatic rings. The van der Waals surface area contributed by atoms with Crippen molar-refractivity contribution >= 4 is 11.6 Å². The van der Waals surface area contributed by atoms with E-state index in [1.165, 1.54) is 5.56 Å². The second-order valence-corrected chi connectivity index (χ2v) is 5.90. The molecule has 1 N–H and O–H groups in total. The molecule has 3 rings (SSSR count). The van der Waals surface area contributed by atoms with Crippen molar-refractivity contribution in [2.75, 3.05) is 18.4 Å². The van der Waals surface area contributed by atoms with Crippen LogP contribution < -0.4 is 5.32 Å². The number of nitrogens with one attached hydrogen (secondary N) is 1. The van der Waals surface area contributed by atoms with E-state index in [4.69, 9.17) is 4.52 Å². The van der Waals surface area contributed by atoms with Crippen molar-refractivity contribution in [2.24, 2.45) is 0 Å². The SMILES string of the molecule is CCc1cccc(NC(=O)CN2CCC[C@H]2c2noc(C)n2)c1. The first-order valence-corrected chi connectivity index (χ1v) is 8.08. The highest BCUT2D eigenvalue weighted by atomic mass is 16.5. The minimum absolute atomic E-state index is 0.00892. The summed E-state index contributed by atoms with van der Waals surface area (Å²) in [5.74, 6) is 1.24. The van der Waals surface area contributed by atoms with Gasteiger partial charge in [0, 0.05) is 12.6 Å². The van der Waals surface area contributed by atoms with Gasteiger partial charge in [0.2, 0.25) is 11.8 Å². The first-order chi connectivity index (χ1) is 11.2. The molecule has 1 saturated heterocycles. The smallest absolute Gasteiger partial charge is 0.238 e. The molecule has 0 radical (unpaired) electrons. The number of hydrogen-bond acceptors (Lipinski definition) is 5. The Hall–Kier alpha value is -2.21. The number of benzene rings is 1. The highest BCUT2D eigenvalue weighted by molar-refractivity contribution is 5.92. The van der Waals surface area contributed by atoms with E-state index < -0.39 is 0 Å². The molecule has 1 amide bonds. The van der Waals surface area contributed by atoms with E-state index in [2.05, 4.69) is 33.3 Å². The molecule has 0 unspecified atom stereocenters. The van der Waals surface area contributed by atoms with E-state index >= 15 is 0 Å². The molecular formula is C17H22N4O2. The zero-order valence-corrected chi connectivity index (χ0v) is 13.6. The van der Waals surface area contributed by atoms with Crippen LogP contribution in [0.3, 0.4) is 0 Å². The van der Waals surface area contributed by atoms with Crippen LogP contribution >= 0.6 is 0 Å². The average molecular weight is 314 g/mol. The van der Waals surface area contributed by atoms with Crippen LogP contribution in [0.15, 0.2) is 28.8 Å². The Morgan fingerprint density at radius 2 is 2.35 bits per heavy atom. The van der Waals surface area contributed by atoms with Crippen LogP contribution in [-0.4, -0.2) is 34.0 Å². The van der Waals surface area contributed by atoms with Crippen LogP contribution in [0.25, 0.3) is 0 Å². The number of carbonyl (C=O) groups is 1. The van der Waals surface area contributed by atoms with Crippen molar-refractivity contribution < 1.29 is 9.32 Å². The fourth-order valence-electron chi connectivity index (χ4n) is 3.01. The van der Waals surface area contributed by atoms with Crippen LogP contribution in [0.5, 0.6) is 0 Å². The predicted molar refractivity (Wildman–Crippen MR) is 87.0 cm³/mol. The zero-order chi connectivity index (χ0) is 16.2. The number of amides is 1. The number of nitrogens with zero attached hydrogens (tertiary/aromatic N) is 3. The van der Waals surface area contributed by atoms with E-state index in [0.717, 1.165) is 31.5 Å². The van der Waals surface area contributed by atoms with Crippen molar-refractivity contribution in [1.82, 2.24) is 15.0 Å². The van der Waals surface area contributed by atoms with Crippen molar-refractivity contribution in [3.05, 3.63) is 41.5 Å². The normalized spacial score (nSPS) is 18.3. The summed E-state index contributed by atoms with van der Waals surface area (Å²) in [7, 11) is 0. The van der Waals surface area contributed by atoms with Crippen LogP contribution in [0.2, 0.25) is 0 Å². The van der Waals surface area contributed by atoms with Gasteiger partial charge in [-0.2, -0.15) is 4.98 Å². The summed E-state index contributed by atoms with van der Waals surface area (Å²) in [4.78, 5) is 18.8. The Morgan fingerprint density at radius 3 is 3.09 bits per heavy atom. The summed E-state index contributed by atoms with van der Waals surface area (Å²) in [6.45, 7) is 5.10. The van der Waals surface area contributed by atoms with Gasteiger partial charge in [0.25, 0.3) is 0 Å². The van der Waals surface area contributed by atoms with Gasteiger partial charge in [-0.05, 0) is 43.5 Å². The molecule has 0 saturated carbocycles. The first-order valence-electron chi connectivity index (χ1n) is 8.08. The number of rotatable bonds is 5. The van der Waals surface area contributed by atoms with E-state index in [-0.39, 0.29) is 11.9 Å². The Kier molecular flexibility index (Phi) is 4.71. The third kappa shape index (κ3) is 3.76. The maximum atomic E-state index is 12.3. The van der Waals surface area contributed by atoms with Crippen LogP contribution in [0.4, 0.5) is 5.69 Å². The molecule has 1 aromatic carbocycles. The number of likely N-dealkylation sites (tertiary alicyclic amines) is 1. The van der Waals surface area contributed by atoms with Gasteiger partial charge >= 0.3 is 0 Å². The van der Waals surface area contributed by atoms with Gasteiger partial charge in [-0.25, -0.2) is 0 Å². The average Bonchev–Trinajstić information content (AvgIpc) is 3.16. The Labute approximate surface area is 135 Å². The van der Waals surface area contributed by atoms with E-state index in [0.29, 0.717) is 18.3 Å².